The van der Waals surface area contributed by atoms with Gasteiger partial charge in [-0.1, -0.05) is 83.3 Å². The molecule has 0 aromatic heterocycles. The zero-order valence-electron chi connectivity index (χ0n) is 28.9. The van der Waals surface area contributed by atoms with Crippen LogP contribution in [0.2, 0.25) is 0 Å². The fourth-order valence-electron chi connectivity index (χ4n) is 7.23. The van der Waals surface area contributed by atoms with Gasteiger partial charge < -0.3 is 9.47 Å². The number of methoxy groups -OCH3 is 2. The van der Waals surface area contributed by atoms with Crippen LogP contribution < -0.4 is 30.7 Å². The lowest BCUT2D eigenvalue weighted by molar-refractivity contribution is 0.408. The molecule has 0 radical (unpaired) electrons. The van der Waals surface area contributed by atoms with E-state index < -0.39 is 15.8 Å². The van der Waals surface area contributed by atoms with Gasteiger partial charge in [0.15, 0.2) is 0 Å². The average Bonchev–Trinajstić information content (AvgIpc) is 3.41. The molecule has 1 aliphatic carbocycles. The lowest BCUT2D eigenvalue weighted by Gasteiger charge is -2.31. The normalized spacial score (nSPS) is 13.7. The largest absolute Gasteiger partial charge is 0.496 e. The molecule has 2 nitrogen and oxygen atoms in total. The molecule has 0 N–H and O–H groups in total. The second-order valence-electron chi connectivity index (χ2n) is 12.8. The van der Waals surface area contributed by atoms with E-state index in [9.17, 15) is 0 Å². The molecular weight excluding hydrogens is 586 g/mol. The van der Waals surface area contributed by atoms with Crippen LogP contribution in [0.4, 0.5) is 0 Å². The molecule has 0 fully saturated rings. The van der Waals surface area contributed by atoms with Crippen molar-refractivity contribution in [3.8, 4) is 11.5 Å². The maximum atomic E-state index is 5.80. The van der Waals surface area contributed by atoms with Gasteiger partial charge in [-0.3, -0.25) is 0 Å². The van der Waals surface area contributed by atoms with Crippen molar-refractivity contribution in [1.82, 2.24) is 0 Å². The Hall–Kier alpha value is -3.18. The molecule has 0 aliphatic heterocycles. The monoisotopic (exact) mass is 634 g/mol. The highest BCUT2D eigenvalue weighted by atomic mass is 31.1. The van der Waals surface area contributed by atoms with Crippen LogP contribution in [0, 0.1) is 55.4 Å². The number of allylic oxidation sites excluding steroid dienone is 4. The first-order chi connectivity index (χ1) is 21.4. The Labute approximate surface area is 274 Å². The Morgan fingerprint density at radius 2 is 0.911 bits per heavy atom. The molecule has 45 heavy (non-hydrogen) atoms. The number of hydrogen-bond donors (Lipinski definition) is 0. The van der Waals surface area contributed by atoms with E-state index in [0.29, 0.717) is 5.66 Å². The quantitative estimate of drug-likeness (QED) is 0.171. The summed E-state index contributed by atoms with van der Waals surface area (Å²) in [6, 6.07) is 23.8. The maximum Gasteiger partial charge on any atom is 0.124 e. The van der Waals surface area contributed by atoms with Crippen LogP contribution in [-0.4, -0.2) is 19.9 Å². The molecule has 0 saturated heterocycles. The molecule has 0 spiro atoms. The second-order valence-corrected chi connectivity index (χ2v) is 17.5. The summed E-state index contributed by atoms with van der Waals surface area (Å²) in [6.07, 6.45) is 5.84. The summed E-state index contributed by atoms with van der Waals surface area (Å²) in [6.45, 7) is 20.1. The van der Waals surface area contributed by atoms with Crippen molar-refractivity contribution in [3.63, 3.8) is 0 Å². The van der Waals surface area contributed by atoms with Crippen molar-refractivity contribution in [3.05, 3.63) is 128 Å². The van der Waals surface area contributed by atoms with Crippen molar-refractivity contribution in [2.75, 3.05) is 14.2 Å². The summed E-state index contributed by atoms with van der Waals surface area (Å²) in [5, 5.41) is 7.17. The maximum absolute atomic E-state index is 5.80. The molecule has 4 aromatic carbocycles. The minimum atomic E-state index is -0.819. The number of hydrogen-bond acceptors (Lipinski definition) is 2. The van der Waals surface area contributed by atoms with E-state index in [2.05, 4.69) is 135 Å². The molecule has 0 amide bonds. The fourth-order valence-corrected chi connectivity index (χ4v) is 13.4. The SMILES string of the molecule is COc1c(C)cc(P(C2=C([C@@H](C)P(c3cc(C)cc(C)c3)c3cc(C)cc(C)c3)CC=C2)c2cc(C)c(OC)c(C)c2)cc1C. The predicted octanol–water partition coefficient (Wildman–Crippen LogP) is 9.34. The van der Waals surface area contributed by atoms with Crippen molar-refractivity contribution in [2.24, 2.45) is 0 Å². The minimum Gasteiger partial charge on any atom is -0.496 e. The van der Waals surface area contributed by atoms with Gasteiger partial charge in [0, 0.05) is 5.66 Å². The average molecular weight is 635 g/mol. The Balaban J connectivity index is 1.76. The molecule has 0 unspecified atom stereocenters. The van der Waals surface area contributed by atoms with Crippen LogP contribution in [0.25, 0.3) is 0 Å². The van der Waals surface area contributed by atoms with Crippen LogP contribution in [0.1, 0.15) is 57.9 Å². The molecular formula is C41H48O2P2. The standard InChI is InChI=1S/C41H48O2P2/c1-25-15-26(2)18-34(17-25)44(35-19-27(3)16-28(4)20-35)33(9)38-13-12-14-39(38)45(36-21-29(5)40(42-10)30(6)22-36)37-23-31(7)41(43-11)32(8)24-37/h12,14-24,33H,13H2,1-11H3/t33-/m1/s1. The first-order valence-corrected chi connectivity index (χ1v) is 18.6. The number of aryl methyl sites for hydroxylation is 8. The zero-order chi connectivity index (χ0) is 32.6. The third-order valence-electron chi connectivity index (χ3n) is 8.86. The van der Waals surface area contributed by atoms with E-state index >= 15 is 0 Å². The summed E-state index contributed by atoms with van der Waals surface area (Å²) in [7, 11) is 2.09. The summed E-state index contributed by atoms with van der Waals surface area (Å²) >= 11 is 0. The molecule has 0 saturated carbocycles. The highest BCUT2D eigenvalue weighted by Crippen LogP contribution is 2.54. The summed E-state index contributed by atoms with van der Waals surface area (Å²) < 4.78 is 11.6. The van der Waals surface area contributed by atoms with Gasteiger partial charge in [-0.15, -0.1) is 0 Å². The van der Waals surface area contributed by atoms with E-state index in [-0.39, 0.29) is 0 Å². The van der Waals surface area contributed by atoms with Crippen molar-refractivity contribution in [2.45, 2.75) is 74.4 Å². The van der Waals surface area contributed by atoms with Crippen molar-refractivity contribution in [1.29, 1.82) is 0 Å². The topological polar surface area (TPSA) is 18.5 Å². The van der Waals surface area contributed by atoms with Gasteiger partial charge in [-0.25, -0.2) is 0 Å². The van der Waals surface area contributed by atoms with E-state index in [1.54, 1.807) is 19.8 Å². The molecule has 0 bridgehead atoms. The number of rotatable bonds is 9. The van der Waals surface area contributed by atoms with Gasteiger partial charge in [0.1, 0.15) is 11.5 Å². The molecule has 4 aromatic rings. The van der Waals surface area contributed by atoms with E-state index in [4.69, 9.17) is 9.47 Å². The molecule has 4 heteroatoms. The lowest BCUT2D eigenvalue weighted by atomic mass is 10.1. The van der Waals surface area contributed by atoms with Crippen LogP contribution in [0.3, 0.4) is 0 Å². The van der Waals surface area contributed by atoms with Crippen LogP contribution in [-0.2, 0) is 0 Å². The molecule has 1 atom stereocenters. The minimum absolute atomic E-state index is 0.373. The fraction of sp³-hybridized carbons (Fsp3) is 0.317. The zero-order valence-corrected chi connectivity index (χ0v) is 30.7. The third-order valence-corrected chi connectivity index (χ3v) is 14.0. The summed E-state index contributed by atoms with van der Waals surface area (Å²) in [5.74, 6) is 1.96. The lowest BCUT2D eigenvalue weighted by Crippen LogP contribution is -2.23. The molecule has 5 rings (SSSR count). The first-order valence-electron chi connectivity index (χ1n) is 15.9. The number of benzene rings is 4. The van der Waals surface area contributed by atoms with Gasteiger partial charge in [0.05, 0.1) is 14.2 Å². The Morgan fingerprint density at radius 3 is 1.27 bits per heavy atom. The van der Waals surface area contributed by atoms with E-state index in [1.165, 1.54) is 71.0 Å². The van der Waals surface area contributed by atoms with Crippen molar-refractivity contribution < 1.29 is 9.47 Å². The van der Waals surface area contributed by atoms with Gasteiger partial charge in [0.2, 0.25) is 0 Å². The number of ether oxygens (including phenoxy) is 2. The summed E-state index contributed by atoms with van der Waals surface area (Å²) in [5.41, 5.74) is 12.0. The van der Waals surface area contributed by atoms with Gasteiger partial charge in [-0.2, -0.15) is 0 Å². The van der Waals surface area contributed by atoms with Crippen LogP contribution in [0.5, 0.6) is 11.5 Å². The van der Waals surface area contributed by atoms with Gasteiger partial charge in [-0.05, 0) is 151 Å². The van der Waals surface area contributed by atoms with E-state index in [1.807, 2.05) is 0 Å². The third kappa shape index (κ3) is 6.84. The Morgan fingerprint density at radius 1 is 0.533 bits per heavy atom. The molecule has 234 valence electrons. The highest BCUT2D eigenvalue weighted by Gasteiger charge is 2.32. The smallest absolute Gasteiger partial charge is 0.124 e. The summed E-state index contributed by atoms with van der Waals surface area (Å²) in [4.78, 5) is 0. The molecule has 0 heterocycles. The first kappa shape index (κ1) is 33.2. The van der Waals surface area contributed by atoms with Crippen molar-refractivity contribution >= 4 is 37.1 Å². The van der Waals surface area contributed by atoms with Gasteiger partial charge in [0.25, 0.3) is 0 Å². The Kier molecular flexibility index (Phi) is 10.1. The second kappa shape index (κ2) is 13.7. The Bertz CT molecular complexity index is 1620. The van der Waals surface area contributed by atoms with Crippen LogP contribution in [0.15, 0.2) is 83.7 Å². The van der Waals surface area contributed by atoms with Crippen LogP contribution >= 0.6 is 15.8 Å². The van der Waals surface area contributed by atoms with Gasteiger partial charge >= 0.3 is 0 Å². The van der Waals surface area contributed by atoms with E-state index in [0.717, 1.165) is 17.9 Å². The molecule has 1 aliphatic rings. The predicted molar refractivity (Wildman–Crippen MR) is 199 cm³/mol. The highest BCUT2D eigenvalue weighted by molar-refractivity contribution is 7.77.